The normalized spacial score (nSPS) is 12.4. The number of sulfonamides is 2. The summed E-state index contributed by atoms with van der Waals surface area (Å²) in [6.45, 7) is 7.81. The molecule has 0 radical (unpaired) electrons. The van der Waals surface area contributed by atoms with E-state index in [0.717, 1.165) is 73.9 Å². The van der Waals surface area contributed by atoms with Crippen molar-refractivity contribution < 1.29 is 56.1 Å². The van der Waals surface area contributed by atoms with Gasteiger partial charge in [-0.1, -0.05) is 62.1 Å². The van der Waals surface area contributed by atoms with E-state index in [0.29, 0.717) is 24.0 Å². The molecule has 2 aliphatic rings. The summed E-state index contributed by atoms with van der Waals surface area (Å²) in [5.74, 6) is -3.92. The third-order valence-electron chi connectivity index (χ3n) is 7.99. The van der Waals surface area contributed by atoms with E-state index < -0.39 is 43.3 Å². The van der Waals surface area contributed by atoms with Crippen LogP contribution in [0.5, 0.6) is 0 Å². The quantitative estimate of drug-likeness (QED) is 0.0843. The minimum atomic E-state index is -3.96. The van der Waals surface area contributed by atoms with Gasteiger partial charge in [0, 0.05) is 23.3 Å². The molecular formula is C44H46F4N2O4S2Ti. The molecule has 6 nitrogen and oxygen atoms in total. The Morgan fingerprint density at radius 1 is 0.596 bits per heavy atom. The Balaban J connectivity index is 0.000000310. The predicted molar refractivity (Wildman–Crippen MR) is 215 cm³/mol. The smallest absolute Gasteiger partial charge is 0.330 e. The maximum atomic E-state index is 13.6. The SMILES string of the molecule is CCCCc1cc(C)ccc1S(=O)(=O)Nc1ccc(F)[c-]c1F.CCCCc1cc(C)ccc1S(=O)(=O)Nc1ccc(F)[c-]c1F.[C-]1=CC=CC1.[C-]1=CC=CC1.[Ti+4]. The summed E-state index contributed by atoms with van der Waals surface area (Å²) in [4.78, 5) is 0.223. The van der Waals surface area contributed by atoms with Crippen LogP contribution in [-0.2, 0) is 54.6 Å². The molecule has 0 bridgehead atoms. The van der Waals surface area contributed by atoms with E-state index >= 15 is 0 Å². The van der Waals surface area contributed by atoms with Gasteiger partial charge in [0.05, 0.1) is 9.79 Å². The minimum Gasteiger partial charge on any atom is -0.330 e. The van der Waals surface area contributed by atoms with Gasteiger partial charge in [-0.15, -0.1) is 49.2 Å². The molecule has 0 amide bonds. The van der Waals surface area contributed by atoms with Crippen molar-refractivity contribution in [2.24, 2.45) is 0 Å². The van der Waals surface area contributed by atoms with Gasteiger partial charge < -0.3 is 9.44 Å². The van der Waals surface area contributed by atoms with Gasteiger partial charge in [0.15, 0.2) is 0 Å². The largest absolute Gasteiger partial charge is 4.00 e. The summed E-state index contributed by atoms with van der Waals surface area (Å²) in [5.41, 5.74) is 2.63. The zero-order valence-corrected chi connectivity index (χ0v) is 35.6. The van der Waals surface area contributed by atoms with E-state index in [-0.39, 0.29) is 42.9 Å². The van der Waals surface area contributed by atoms with Crippen molar-refractivity contribution in [2.75, 3.05) is 9.44 Å². The first-order chi connectivity index (χ1) is 26.7. The molecular weight excluding hydrogens is 808 g/mol. The van der Waals surface area contributed by atoms with Gasteiger partial charge in [-0.3, -0.25) is 12.2 Å². The van der Waals surface area contributed by atoms with Crippen LogP contribution >= 0.6 is 0 Å². The van der Waals surface area contributed by atoms with Crippen molar-refractivity contribution in [3.8, 4) is 0 Å². The Kier molecular flexibility index (Phi) is 21.0. The number of halogens is 4. The molecule has 300 valence electrons. The van der Waals surface area contributed by atoms with Crippen molar-refractivity contribution >= 4 is 31.4 Å². The zero-order chi connectivity index (χ0) is 41.1. The molecule has 2 aliphatic carbocycles. The predicted octanol–water partition coefficient (Wildman–Crippen LogP) is 11.0. The zero-order valence-electron chi connectivity index (χ0n) is 32.4. The third kappa shape index (κ3) is 16.6. The number of aryl methyl sites for hydroxylation is 4. The Morgan fingerprint density at radius 3 is 1.26 bits per heavy atom. The van der Waals surface area contributed by atoms with Crippen LogP contribution in [0.25, 0.3) is 0 Å². The molecule has 4 aromatic rings. The molecule has 0 fully saturated rings. The second-order valence-electron chi connectivity index (χ2n) is 12.7. The van der Waals surface area contributed by atoms with Gasteiger partial charge in [0.2, 0.25) is 0 Å². The molecule has 0 atom stereocenters. The number of hydrogen-bond acceptors (Lipinski definition) is 4. The molecule has 0 aromatic heterocycles. The van der Waals surface area contributed by atoms with Crippen LogP contribution in [-0.4, -0.2) is 16.8 Å². The maximum absolute atomic E-state index is 13.6. The number of rotatable bonds is 12. The van der Waals surface area contributed by atoms with E-state index in [4.69, 9.17) is 0 Å². The fourth-order valence-electron chi connectivity index (χ4n) is 5.19. The number of unbranched alkanes of at least 4 members (excludes halogenated alkanes) is 2. The van der Waals surface area contributed by atoms with Crippen LogP contribution in [0.1, 0.15) is 74.6 Å². The van der Waals surface area contributed by atoms with Crippen molar-refractivity contribution in [1.82, 2.24) is 0 Å². The molecule has 0 saturated heterocycles. The Labute approximate surface area is 350 Å². The van der Waals surface area contributed by atoms with Crippen LogP contribution in [0, 0.1) is 61.4 Å². The maximum Gasteiger partial charge on any atom is 4.00 e. The molecule has 0 heterocycles. The number of nitrogens with one attached hydrogen (secondary N) is 2. The van der Waals surface area contributed by atoms with Gasteiger partial charge in [0.25, 0.3) is 20.0 Å². The summed E-state index contributed by atoms with van der Waals surface area (Å²) < 4.78 is 108. The standard InChI is InChI=1S/2C17H18F2NO2S.2C5H5.Ti/c2*1-3-4-5-13-10-12(2)6-9-17(13)23(21,22)20-16-8-7-14(18)11-15(16)19;2*1-2-4-5-3-1;/h2*6-10,20H,3-5H2,1-2H3;2*1-3H,4H2;/q4*-1;+4. The van der Waals surface area contributed by atoms with Crippen LogP contribution in [0.4, 0.5) is 28.9 Å². The third-order valence-corrected chi connectivity index (χ3v) is 10.9. The molecule has 57 heavy (non-hydrogen) atoms. The second kappa shape index (κ2) is 24.5. The molecule has 4 aromatic carbocycles. The summed E-state index contributed by atoms with van der Waals surface area (Å²) in [7, 11) is -7.92. The van der Waals surface area contributed by atoms with E-state index in [1.165, 1.54) is 12.1 Å². The topological polar surface area (TPSA) is 92.3 Å². The van der Waals surface area contributed by atoms with E-state index in [2.05, 4.69) is 33.7 Å². The molecule has 0 unspecified atom stereocenters. The van der Waals surface area contributed by atoms with Gasteiger partial charge in [-0.05, 0) is 74.2 Å². The molecule has 2 N–H and O–H groups in total. The van der Waals surface area contributed by atoms with E-state index in [1.807, 2.05) is 76.3 Å². The van der Waals surface area contributed by atoms with Crippen LogP contribution in [0.3, 0.4) is 0 Å². The number of allylic oxidation sites excluding steroid dienone is 8. The summed E-state index contributed by atoms with van der Waals surface area (Å²) in [6.07, 6.45) is 24.8. The minimum absolute atomic E-state index is 0. The van der Waals surface area contributed by atoms with Crippen molar-refractivity contribution in [2.45, 2.75) is 88.9 Å². The summed E-state index contributed by atoms with van der Waals surface area (Å²) in [5, 5.41) is 0. The fourth-order valence-corrected chi connectivity index (χ4v) is 7.81. The van der Waals surface area contributed by atoms with Crippen LogP contribution < -0.4 is 9.44 Å². The molecule has 13 heteroatoms. The van der Waals surface area contributed by atoms with Gasteiger partial charge >= 0.3 is 21.7 Å². The van der Waals surface area contributed by atoms with Crippen molar-refractivity contribution in [1.29, 1.82) is 0 Å². The fraction of sp³-hybridized carbons (Fsp3) is 0.273. The van der Waals surface area contributed by atoms with Crippen LogP contribution in [0.2, 0.25) is 0 Å². The molecule has 0 spiro atoms. The van der Waals surface area contributed by atoms with Gasteiger partial charge in [0.1, 0.15) is 0 Å². The summed E-state index contributed by atoms with van der Waals surface area (Å²) >= 11 is 0. The molecule has 0 saturated carbocycles. The van der Waals surface area contributed by atoms with Crippen LogP contribution in [0.15, 0.2) is 107 Å². The first-order valence-corrected chi connectivity index (χ1v) is 21.1. The monoisotopic (exact) mass is 854 g/mol. The first kappa shape index (κ1) is 48.9. The Morgan fingerprint density at radius 2 is 0.982 bits per heavy atom. The van der Waals surface area contributed by atoms with Gasteiger partial charge in [-0.25, -0.2) is 58.7 Å². The number of anilines is 2. The first-order valence-electron chi connectivity index (χ1n) is 18.1. The second-order valence-corrected chi connectivity index (χ2v) is 16.0. The molecule has 6 rings (SSSR count). The Hall–Kier alpha value is -4.23. The van der Waals surface area contributed by atoms with E-state index in [1.54, 1.807) is 12.1 Å². The summed E-state index contributed by atoms with van der Waals surface area (Å²) in [6, 6.07) is 17.6. The van der Waals surface area contributed by atoms with E-state index in [9.17, 15) is 34.4 Å². The number of benzene rings is 4. The average Bonchev–Trinajstić information content (AvgIpc) is 3.93. The van der Waals surface area contributed by atoms with Crippen molar-refractivity contribution in [3.63, 3.8) is 0 Å². The Bertz CT molecular complexity index is 2080. The average molecular weight is 855 g/mol. The van der Waals surface area contributed by atoms with Crippen molar-refractivity contribution in [3.05, 3.63) is 167 Å². The number of hydrogen-bond donors (Lipinski definition) is 2. The molecule has 0 aliphatic heterocycles. The van der Waals surface area contributed by atoms with Gasteiger partial charge in [-0.2, -0.15) is 12.2 Å².